The second-order valence-electron chi connectivity index (χ2n) is 8.81. The minimum atomic E-state index is -4.01. The van der Waals surface area contributed by atoms with Gasteiger partial charge in [0.2, 0.25) is 10.0 Å². The molecule has 1 aliphatic heterocycles. The Bertz CT molecular complexity index is 1420. The van der Waals surface area contributed by atoms with Crippen molar-refractivity contribution in [2.24, 2.45) is 5.73 Å². The minimum Gasteiger partial charge on any atom is -0.480 e. The monoisotopic (exact) mass is 590 g/mol. The van der Waals surface area contributed by atoms with E-state index in [1.807, 2.05) is 12.1 Å². The van der Waals surface area contributed by atoms with Gasteiger partial charge in [0.05, 0.1) is 17.0 Å². The van der Waals surface area contributed by atoms with Crippen LogP contribution in [0.1, 0.15) is 39.3 Å². The number of carbonyl (C=O) groups is 2. The van der Waals surface area contributed by atoms with Gasteiger partial charge in [-0.15, -0.1) is 0 Å². The number of aryl methyl sites for hydroxylation is 3. The fraction of sp³-hybridized carbons (Fsp3) is 0.333. The van der Waals surface area contributed by atoms with Crippen LogP contribution in [0.4, 0.5) is 5.82 Å². The number of sulfonamides is 1. The number of primary amides is 1. The molecule has 0 saturated heterocycles. The molecule has 0 bridgehead atoms. The molecule has 0 fully saturated rings. The van der Waals surface area contributed by atoms with E-state index in [-0.39, 0.29) is 17.7 Å². The summed E-state index contributed by atoms with van der Waals surface area (Å²) >= 11 is 3.28. The quantitative estimate of drug-likeness (QED) is 0.262. The van der Waals surface area contributed by atoms with Crippen molar-refractivity contribution < 1.29 is 23.1 Å². The van der Waals surface area contributed by atoms with Gasteiger partial charge in [-0.05, 0) is 42.2 Å². The first-order chi connectivity index (χ1) is 17.6. The Labute approximate surface area is 222 Å². The first-order valence-electron chi connectivity index (χ1n) is 11.7. The maximum Gasteiger partial charge on any atom is 0.322 e. The summed E-state index contributed by atoms with van der Waals surface area (Å²) in [5, 5.41) is 17.3. The Morgan fingerprint density at radius 2 is 2.08 bits per heavy atom. The fourth-order valence-electron chi connectivity index (χ4n) is 4.15. The van der Waals surface area contributed by atoms with E-state index in [4.69, 9.17) is 5.73 Å². The number of anilines is 1. The number of nitrogens with two attached hydrogens (primary N) is 1. The molecule has 3 aromatic rings. The fourth-order valence-corrected chi connectivity index (χ4v) is 5.91. The van der Waals surface area contributed by atoms with E-state index < -0.39 is 33.7 Å². The molecule has 37 heavy (non-hydrogen) atoms. The molecule has 1 atom stereocenters. The lowest BCUT2D eigenvalue weighted by molar-refractivity contribution is -0.138. The summed E-state index contributed by atoms with van der Waals surface area (Å²) in [7, 11) is -4.01. The summed E-state index contributed by atoms with van der Waals surface area (Å²) in [6, 6.07) is 9.16. The summed E-state index contributed by atoms with van der Waals surface area (Å²) in [4.78, 5) is 28.6. The molecule has 0 unspecified atom stereocenters. The van der Waals surface area contributed by atoms with Gasteiger partial charge in [-0.3, -0.25) is 14.3 Å². The molecule has 1 amide bonds. The van der Waals surface area contributed by atoms with E-state index in [0.29, 0.717) is 23.0 Å². The van der Waals surface area contributed by atoms with Gasteiger partial charge in [0.15, 0.2) is 0 Å². The van der Waals surface area contributed by atoms with Gasteiger partial charge in [0, 0.05) is 42.3 Å². The Kier molecular flexibility index (Phi) is 8.25. The molecule has 2 aromatic heterocycles. The number of hydrogen-bond donors (Lipinski definition) is 4. The molecule has 0 aliphatic carbocycles. The summed E-state index contributed by atoms with van der Waals surface area (Å²) < 4.78 is 29.8. The van der Waals surface area contributed by atoms with E-state index in [0.717, 1.165) is 30.9 Å². The molecular weight excluding hydrogens is 564 g/mol. The average molecular weight is 591 g/mol. The zero-order valence-electron chi connectivity index (χ0n) is 19.9. The number of nitrogens with zero attached hydrogens (tertiary/aromatic N) is 3. The van der Waals surface area contributed by atoms with Crippen LogP contribution in [0.25, 0.3) is 0 Å². The Hall–Kier alpha value is -3.29. The van der Waals surface area contributed by atoms with Crippen LogP contribution in [-0.2, 0) is 46.4 Å². The molecule has 13 heteroatoms. The molecule has 0 spiro atoms. The van der Waals surface area contributed by atoms with Crippen LogP contribution in [0.3, 0.4) is 0 Å². The van der Waals surface area contributed by atoms with E-state index in [9.17, 15) is 23.1 Å². The van der Waals surface area contributed by atoms with Gasteiger partial charge in [0.25, 0.3) is 5.91 Å². The third-order valence-electron chi connectivity index (χ3n) is 5.92. The highest BCUT2D eigenvalue weighted by Crippen LogP contribution is 2.20. The maximum absolute atomic E-state index is 12.7. The van der Waals surface area contributed by atoms with Crippen molar-refractivity contribution in [1.29, 1.82) is 0 Å². The van der Waals surface area contributed by atoms with Gasteiger partial charge in [-0.1, -0.05) is 34.1 Å². The number of hydrogen-bond acceptors (Lipinski definition) is 7. The van der Waals surface area contributed by atoms with Crippen LogP contribution in [0, 0.1) is 0 Å². The van der Waals surface area contributed by atoms with Crippen LogP contribution in [0.2, 0.25) is 0 Å². The molecule has 1 aromatic carbocycles. The Morgan fingerprint density at radius 1 is 1.27 bits per heavy atom. The first-order valence-corrected chi connectivity index (χ1v) is 14.1. The topological polar surface area (TPSA) is 169 Å². The van der Waals surface area contributed by atoms with Crippen LogP contribution < -0.4 is 15.8 Å². The van der Waals surface area contributed by atoms with E-state index in [1.54, 1.807) is 24.3 Å². The number of halogens is 1. The summed E-state index contributed by atoms with van der Waals surface area (Å²) in [6.07, 6.45) is 3.67. The number of benzene rings is 1. The van der Waals surface area contributed by atoms with E-state index in [1.165, 1.54) is 16.4 Å². The summed E-state index contributed by atoms with van der Waals surface area (Å²) in [6.45, 7) is 1.25. The number of carboxylic acid groups (broad SMARTS) is 1. The molecule has 3 heterocycles. The minimum absolute atomic E-state index is 0.0394. The highest BCUT2D eigenvalue weighted by Gasteiger charge is 2.28. The Balaban J connectivity index is 1.47. The molecule has 5 N–H and O–H groups in total. The molecule has 196 valence electrons. The van der Waals surface area contributed by atoms with E-state index >= 15 is 0 Å². The standard InChI is InChI=1S/C24H27BrN6O5S/c25-17-5-1-3-15(11-17)14-37(35,36)30-21(24(33)34)12-20-19(22(26)32)13-31(29-20)10-8-18-7-6-16-4-2-9-27-23(16)28-18/h1,3,5-7,11,13,21,30H,2,4,8-10,12,14H2,(H2,26,32)(H,27,28)(H,33,34)/t21-/m0/s1. The number of rotatable bonds is 11. The number of pyridine rings is 1. The van der Waals surface area contributed by atoms with Crippen molar-refractivity contribution >= 4 is 43.6 Å². The maximum atomic E-state index is 12.7. The number of aromatic nitrogens is 3. The average Bonchev–Trinajstić information content (AvgIpc) is 3.25. The summed E-state index contributed by atoms with van der Waals surface area (Å²) in [5.41, 5.74) is 8.15. The lowest BCUT2D eigenvalue weighted by Gasteiger charge is -2.17. The van der Waals surface area contributed by atoms with Crippen molar-refractivity contribution in [2.75, 3.05) is 11.9 Å². The molecule has 1 aliphatic rings. The lowest BCUT2D eigenvalue weighted by Crippen LogP contribution is -2.43. The normalized spacial score (nSPS) is 14.0. The van der Waals surface area contributed by atoms with Gasteiger partial charge in [-0.2, -0.15) is 5.10 Å². The van der Waals surface area contributed by atoms with Gasteiger partial charge in [0.1, 0.15) is 11.9 Å². The van der Waals surface area contributed by atoms with Crippen LogP contribution in [-0.4, -0.2) is 52.8 Å². The zero-order valence-corrected chi connectivity index (χ0v) is 22.3. The highest BCUT2D eigenvalue weighted by atomic mass is 79.9. The number of carbonyl (C=O) groups excluding carboxylic acids is 1. The van der Waals surface area contributed by atoms with Gasteiger partial charge < -0.3 is 16.2 Å². The Morgan fingerprint density at radius 3 is 2.81 bits per heavy atom. The predicted octanol–water partition coefficient (Wildman–Crippen LogP) is 1.86. The molecular formula is C24H27BrN6O5S. The SMILES string of the molecule is NC(=O)c1cn(CCc2ccc3c(n2)NCCC3)nc1C[C@H](NS(=O)(=O)Cc1cccc(Br)c1)C(=O)O. The second-order valence-corrected chi connectivity index (χ2v) is 11.5. The van der Waals surface area contributed by atoms with E-state index in [2.05, 4.69) is 36.1 Å². The second kappa shape index (κ2) is 11.4. The van der Waals surface area contributed by atoms with Crippen molar-refractivity contribution in [2.45, 2.75) is 44.0 Å². The number of aliphatic carboxylic acids is 1. The molecule has 0 saturated carbocycles. The highest BCUT2D eigenvalue weighted by molar-refractivity contribution is 9.10. The zero-order chi connectivity index (χ0) is 26.6. The van der Waals surface area contributed by atoms with Crippen molar-refractivity contribution in [3.8, 4) is 0 Å². The third-order valence-corrected chi connectivity index (χ3v) is 7.77. The number of carboxylic acids is 1. The van der Waals surface area contributed by atoms with Gasteiger partial charge in [-0.25, -0.2) is 18.1 Å². The number of nitrogens with one attached hydrogen (secondary N) is 2. The van der Waals surface area contributed by atoms with Crippen molar-refractivity contribution in [3.63, 3.8) is 0 Å². The van der Waals surface area contributed by atoms with Crippen LogP contribution in [0.15, 0.2) is 47.1 Å². The lowest BCUT2D eigenvalue weighted by atomic mass is 10.1. The molecule has 0 radical (unpaired) electrons. The van der Waals surface area contributed by atoms with Crippen LogP contribution >= 0.6 is 15.9 Å². The number of amides is 1. The van der Waals surface area contributed by atoms with Crippen LogP contribution in [0.5, 0.6) is 0 Å². The van der Waals surface area contributed by atoms with Crippen molar-refractivity contribution in [3.05, 3.63) is 75.1 Å². The summed E-state index contributed by atoms with van der Waals surface area (Å²) in [5.74, 6) is -1.70. The van der Waals surface area contributed by atoms with Crippen molar-refractivity contribution in [1.82, 2.24) is 19.5 Å². The smallest absolute Gasteiger partial charge is 0.322 e. The molecule has 4 rings (SSSR count). The predicted molar refractivity (Wildman–Crippen MR) is 141 cm³/mol. The molecule has 11 nitrogen and oxygen atoms in total. The largest absolute Gasteiger partial charge is 0.480 e. The van der Waals surface area contributed by atoms with Gasteiger partial charge >= 0.3 is 5.97 Å². The number of fused-ring (bicyclic) bond motifs is 1. The first kappa shape index (κ1) is 26.8. The third kappa shape index (κ3) is 7.14.